The molecule has 0 aromatic heterocycles. The topological polar surface area (TPSA) is 66.5 Å². The minimum absolute atomic E-state index is 0.0356. The summed E-state index contributed by atoms with van der Waals surface area (Å²) in [7, 11) is 0. The summed E-state index contributed by atoms with van der Waals surface area (Å²) in [6, 6.07) is 3.38. The third kappa shape index (κ3) is 2.25. The molecule has 0 aliphatic carbocycles. The maximum absolute atomic E-state index is 9.71. The Bertz CT molecular complexity index is 300. The third-order valence-corrected chi connectivity index (χ3v) is 2.32. The number of aliphatic hydroxyl groups excluding tert-OH is 1. The second-order valence-corrected chi connectivity index (χ2v) is 3.63. The number of hydrogen-bond acceptors (Lipinski definition) is 3. The van der Waals surface area contributed by atoms with Crippen LogP contribution in [0.1, 0.15) is 29.2 Å². The van der Waals surface area contributed by atoms with Crippen LogP contribution in [0.2, 0.25) is 0 Å². The highest BCUT2D eigenvalue weighted by Gasteiger charge is 2.13. The predicted molar refractivity (Wildman–Crippen MR) is 56.2 cm³/mol. The summed E-state index contributed by atoms with van der Waals surface area (Å²) in [6.45, 7) is 3.88. The van der Waals surface area contributed by atoms with E-state index in [0.717, 1.165) is 16.7 Å². The molecule has 3 nitrogen and oxygen atoms in total. The fourth-order valence-electron chi connectivity index (χ4n) is 1.72. The lowest BCUT2D eigenvalue weighted by molar-refractivity contribution is 0.275. The smallest absolute Gasteiger partial charge is 0.120 e. The molecular formula is C11H17NO2. The van der Waals surface area contributed by atoms with E-state index in [1.165, 1.54) is 0 Å². The van der Waals surface area contributed by atoms with Gasteiger partial charge >= 0.3 is 0 Å². The lowest BCUT2D eigenvalue weighted by Crippen LogP contribution is -2.13. The highest BCUT2D eigenvalue weighted by Crippen LogP contribution is 2.29. The van der Waals surface area contributed by atoms with Crippen LogP contribution in [0.15, 0.2) is 12.1 Å². The molecule has 0 bridgehead atoms. The second-order valence-electron chi connectivity index (χ2n) is 3.63. The van der Waals surface area contributed by atoms with Crippen molar-refractivity contribution in [2.75, 3.05) is 6.61 Å². The number of phenolic OH excluding ortho intramolecular Hbond substituents is 1. The number of aliphatic hydroxyl groups is 1. The minimum Gasteiger partial charge on any atom is -0.508 e. The Labute approximate surface area is 84.2 Å². The van der Waals surface area contributed by atoms with Crippen LogP contribution in [0.4, 0.5) is 0 Å². The molecule has 14 heavy (non-hydrogen) atoms. The molecule has 78 valence electrons. The van der Waals surface area contributed by atoms with Crippen LogP contribution in [0.5, 0.6) is 5.75 Å². The van der Waals surface area contributed by atoms with Crippen LogP contribution in [-0.2, 0) is 0 Å². The van der Waals surface area contributed by atoms with Crippen molar-refractivity contribution in [1.82, 2.24) is 0 Å². The number of nitrogens with two attached hydrogens (primary N) is 1. The summed E-state index contributed by atoms with van der Waals surface area (Å²) < 4.78 is 0. The molecule has 0 amide bonds. The van der Waals surface area contributed by atoms with Gasteiger partial charge in [-0.15, -0.1) is 0 Å². The van der Waals surface area contributed by atoms with Crippen LogP contribution in [0.25, 0.3) is 0 Å². The van der Waals surface area contributed by atoms with E-state index in [4.69, 9.17) is 10.8 Å². The van der Waals surface area contributed by atoms with Gasteiger partial charge in [-0.2, -0.15) is 0 Å². The van der Waals surface area contributed by atoms with Gasteiger partial charge in [0.1, 0.15) is 5.75 Å². The molecule has 1 aromatic rings. The number of aryl methyl sites for hydroxylation is 2. The van der Waals surface area contributed by atoms with Crippen molar-refractivity contribution in [1.29, 1.82) is 0 Å². The molecule has 1 atom stereocenters. The predicted octanol–water partition coefficient (Wildman–Crippen LogP) is 1.39. The minimum atomic E-state index is -0.291. The molecule has 1 rings (SSSR count). The highest BCUT2D eigenvalue weighted by atomic mass is 16.3. The van der Waals surface area contributed by atoms with Crippen LogP contribution in [0, 0.1) is 13.8 Å². The van der Waals surface area contributed by atoms with Gasteiger partial charge in [0.15, 0.2) is 0 Å². The van der Waals surface area contributed by atoms with E-state index in [0.29, 0.717) is 6.42 Å². The summed E-state index contributed by atoms with van der Waals surface area (Å²) in [5.41, 5.74) is 8.57. The first-order chi connectivity index (χ1) is 6.56. The summed E-state index contributed by atoms with van der Waals surface area (Å²) in [6.07, 6.45) is 0.470. The van der Waals surface area contributed by atoms with Crippen LogP contribution >= 0.6 is 0 Å². The zero-order valence-corrected chi connectivity index (χ0v) is 8.62. The van der Waals surface area contributed by atoms with Crippen molar-refractivity contribution >= 4 is 0 Å². The van der Waals surface area contributed by atoms with Crippen LogP contribution in [-0.4, -0.2) is 16.8 Å². The van der Waals surface area contributed by atoms with Gasteiger partial charge in [0, 0.05) is 18.2 Å². The van der Waals surface area contributed by atoms with Gasteiger partial charge in [0.2, 0.25) is 0 Å². The molecule has 0 heterocycles. The van der Waals surface area contributed by atoms with Crippen LogP contribution < -0.4 is 5.73 Å². The normalized spacial score (nSPS) is 12.9. The molecule has 0 radical (unpaired) electrons. The van der Waals surface area contributed by atoms with Crippen molar-refractivity contribution in [3.8, 4) is 5.75 Å². The van der Waals surface area contributed by atoms with Crippen molar-refractivity contribution in [3.63, 3.8) is 0 Å². The molecule has 0 saturated heterocycles. The quantitative estimate of drug-likeness (QED) is 0.682. The average molecular weight is 195 g/mol. The maximum Gasteiger partial charge on any atom is 0.120 e. The first-order valence-electron chi connectivity index (χ1n) is 4.72. The molecule has 1 aromatic carbocycles. The van der Waals surface area contributed by atoms with Gasteiger partial charge in [0.05, 0.1) is 0 Å². The Balaban J connectivity index is 3.07. The molecular weight excluding hydrogens is 178 g/mol. The van der Waals surface area contributed by atoms with E-state index in [-0.39, 0.29) is 18.4 Å². The summed E-state index contributed by atoms with van der Waals surface area (Å²) >= 11 is 0. The van der Waals surface area contributed by atoms with Gasteiger partial charge < -0.3 is 15.9 Å². The van der Waals surface area contributed by atoms with Crippen molar-refractivity contribution in [2.45, 2.75) is 26.3 Å². The van der Waals surface area contributed by atoms with Gasteiger partial charge in [-0.25, -0.2) is 0 Å². The van der Waals surface area contributed by atoms with E-state index in [1.807, 2.05) is 19.9 Å². The van der Waals surface area contributed by atoms with E-state index in [2.05, 4.69) is 0 Å². The highest BCUT2D eigenvalue weighted by molar-refractivity contribution is 5.43. The molecule has 0 fully saturated rings. The fourth-order valence-corrected chi connectivity index (χ4v) is 1.72. The summed E-state index contributed by atoms with van der Waals surface area (Å²) in [4.78, 5) is 0. The maximum atomic E-state index is 9.71. The largest absolute Gasteiger partial charge is 0.508 e. The second kappa shape index (κ2) is 4.44. The monoisotopic (exact) mass is 195 g/mol. The average Bonchev–Trinajstić information content (AvgIpc) is 2.01. The van der Waals surface area contributed by atoms with E-state index in [1.54, 1.807) is 6.07 Å². The Hall–Kier alpha value is -1.06. The van der Waals surface area contributed by atoms with Crippen molar-refractivity contribution in [2.24, 2.45) is 5.73 Å². The number of hydrogen-bond donors (Lipinski definition) is 3. The van der Waals surface area contributed by atoms with E-state index in [9.17, 15) is 5.11 Å². The Morgan fingerprint density at radius 2 is 2.00 bits per heavy atom. The number of phenols is 1. The van der Waals surface area contributed by atoms with E-state index >= 15 is 0 Å². The molecule has 0 unspecified atom stereocenters. The molecule has 0 saturated carbocycles. The first kappa shape index (κ1) is 11.0. The molecule has 4 N–H and O–H groups in total. The SMILES string of the molecule is Cc1cc(C)c([C@H](N)CCO)c(O)c1. The first-order valence-corrected chi connectivity index (χ1v) is 4.72. The standard InChI is InChI=1S/C11H17NO2/c1-7-5-8(2)11(10(14)6-7)9(12)3-4-13/h5-6,9,13-14H,3-4,12H2,1-2H3/t9-/m1/s1. The number of rotatable bonds is 3. The van der Waals surface area contributed by atoms with Gasteiger partial charge in [-0.3, -0.25) is 0 Å². The summed E-state index contributed by atoms with van der Waals surface area (Å²) in [5.74, 6) is 0.225. The number of benzene rings is 1. The zero-order valence-electron chi connectivity index (χ0n) is 8.62. The van der Waals surface area contributed by atoms with Gasteiger partial charge in [0.25, 0.3) is 0 Å². The van der Waals surface area contributed by atoms with E-state index < -0.39 is 0 Å². The molecule has 0 spiro atoms. The lowest BCUT2D eigenvalue weighted by Gasteiger charge is -2.15. The molecule has 0 aliphatic heterocycles. The fraction of sp³-hybridized carbons (Fsp3) is 0.455. The van der Waals surface area contributed by atoms with Gasteiger partial charge in [-0.1, -0.05) is 6.07 Å². The third-order valence-electron chi connectivity index (χ3n) is 2.32. The number of aromatic hydroxyl groups is 1. The Morgan fingerprint density at radius 1 is 1.36 bits per heavy atom. The molecule has 0 aliphatic rings. The Morgan fingerprint density at radius 3 is 2.50 bits per heavy atom. The van der Waals surface area contributed by atoms with Crippen molar-refractivity contribution < 1.29 is 10.2 Å². The zero-order chi connectivity index (χ0) is 10.7. The Kier molecular flexibility index (Phi) is 3.49. The van der Waals surface area contributed by atoms with Crippen LogP contribution in [0.3, 0.4) is 0 Å². The molecule has 3 heteroatoms. The summed E-state index contributed by atoms with van der Waals surface area (Å²) in [5, 5.41) is 18.5. The lowest BCUT2D eigenvalue weighted by atomic mass is 9.97. The van der Waals surface area contributed by atoms with Crippen molar-refractivity contribution in [3.05, 3.63) is 28.8 Å². The van der Waals surface area contributed by atoms with Gasteiger partial charge in [-0.05, 0) is 37.5 Å².